The van der Waals surface area contributed by atoms with Crippen LogP contribution in [0.3, 0.4) is 0 Å². The number of hydrogen-bond acceptors (Lipinski definition) is 11. The Hall–Kier alpha value is -4.29. The number of furan rings is 1. The molecule has 6 rings (SSSR count). The number of benzene rings is 1. The lowest BCUT2D eigenvalue weighted by molar-refractivity contribution is 0.146. The molecule has 0 saturated carbocycles. The van der Waals surface area contributed by atoms with Crippen LogP contribution < -0.4 is 25.2 Å². The average Bonchev–Trinajstić information content (AvgIpc) is 3.66. The van der Waals surface area contributed by atoms with Crippen molar-refractivity contribution in [3.05, 3.63) is 54.6 Å². The van der Waals surface area contributed by atoms with Crippen molar-refractivity contribution < 1.29 is 13.9 Å². The molecule has 0 unspecified atom stereocenters. The first-order valence-electron chi connectivity index (χ1n) is 13.5. The summed E-state index contributed by atoms with van der Waals surface area (Å²) in [4.78, 5) is 18.5. The Labute approximate surface area is 233 Å². The molecule has 2 aliphatic rings. The highest BCUT2D eigenvalue weighted by molar-refractivity contribution is 5.90. The summed E-state index contributed by atoms with van der Waals surface area (Å²) in [5.74, 6) is 4.57. The molecule has 5 heterocycles. The van der Waals surface area contributed by atoms with E-state index in [4.69, 9.17) is 29.6 Å². The van der Waals surface area contributed by atoms with E-state index in [1.54, 1.807) is 11.6 Å². The van der Waals surface area contributed by atoms with Crippen LogP contribution in [0.5, 0.6) is 5.75 Å². The molecule has 3 aromatic heterocycles. The number of ether oxygens (including phenoxy) is 2. The van der Waals surface area contributed by atoms with E-state index in [0.717, 1.165) is 68.1 Å². The van der Waals surface area contributed by atoms with Crippen LogP contribution in [0, 0.1) is 6.92 Å². The van der Waals surface area contributed by atoms with E-state index in [2.05, 4.69) is 38.5 Å². The van der Waals surface area contributed by atoms with E-state index in [-0.39, 0.29) is 5.95 Å². The molecule has 0 aliphatic carbocycles. The molecule has 0 atom stereocenters. The zero-order valence-corrected chi connectivity index (χ0v) is 23.2. The third-order valence-electron chi connectivity index (χ3n) is 7.49. The SMILES string of the molecule is C=C1N(C)c2c(nc(N)n3nc(-c4ccc(C)o4)nc23)N1CCN1CCN(c2ccc(OCCOC)cc2)CC1. The number of aryl methyl sites for hydroxylation is 1. The van der Waals surface area contributed by atoms with Crippen LogP contribution in [0.2, 0.25) is 0 Å². The molecule has 1 saturated heterocycles. The molecule has 0 amide bonds. The minimum atomic E-state index is 0.271. The molecule has 4 aromatic rings. The van der Waals surface area contributed by atoms with E-state index in [1.807, 2.05) is 43.1 Å². The van der Waals surface area contributed by atoms with Crippen LogP contribution in [-0.2, 0) is 4.74 Å². The Kier molecular flexibility index (Phi) is 6.95. The number of methoxy groups -OCH3 is 1. The van der Waals surface area contributed by atoms with Gasteiger partial charge >= 0.3 is 0 Å². The van der Waals surface area contributed by atoms with E-state index >= 15 is 0 Å². The minimum absolute atomic E-state index is 0.271. The lowest BCUT2D eigenvalue weighted by Gasteiger charge is -2.37. The molecular formula is C28H35N9O3. The summed E-state index contributed by atoms with van der Waals surface area (Å²) in [5.41, 5.74) is 9.01. The van der Waals surface area contributed by atoms with Crippen molar-refractivity contribution in [2.24, 2.45) is 0 Å². The van der Waals surface area contributed by atoms with Crippen LogP contribution in [0.15, 0.2) is 53.2 Å². The van der Waals surface area contributed by atoms with Crippen molar-refractivity contribution in [2.45, 2.75) is 6.92 Å². The first kappa shape index (κ1) is 26.0. The van der Waals surface area contributed by atoms with Gasteiger partial charge < -0.3 is 34.3 Å². The number of aromatic nitrogens is 4. The highest BCUT2D eigenvalue weighted by atomic mass is 16.5. The predicted molar refractivity (Wildman–Crippen MR) is 155 cm³/mol. The number of nitrogens with two attached hydrogens (primary N) is 1. The highest BCUT2D eigenvalue weighted by Gasteiger charge is 2.34. The number of hydrogen-bond donors (Lipinski definition) is 1. The molecule has 0 spiro atoms. The average molecular weight is 546 g/mol. The monoisotopic (exact) mass is 545 g/mol. The van der Waals surface area contributed by atoms with Gasteiger partial charge in [0, 0.05) is 59.1 Å². The second-order valence-electron chi connectivity index (χ2n) is 10.0. The Morgan fingerprint density at radius 3 is 2.48 bits per heavy atom. The molecule has 210 valence electrons. The van der Waals surface area contributed by atoms with Gasteiger partial charge in [0.2, 0.25) is 11.8 Å². The van der Waals surface area contributed by atoms with Crippen molar-refractivity contribution in [3.63, 3.8) is 0 Å². The zero-order chi connectivity index (χ0) is 27.8. The van der Waals surface area contributed by atoms with E-state index in [0.29, 0.717) is 30.4 Å². The largest absolute Gasteiger partial charge is 0.491 e. The van der Waals surface area contributed by atoms with Crippen molar-refractivity contribution in [1.82, 2.24) is 24.5 Å². The van der Waals surface area contributed by atoms with Gasteiger partial charge in [-0.1, -0.05) is 6.58 Å². The van der Waals surface area contributed by atoms with Crippen LogP contribution in [0.25, 0.3) is 17.2 Å². The second-order valence-corrected chi connectivity index (χ2v) is 10.0. The Morgan fingerprint density at radius 2 is 1.77 bits per heavy atom. The van der Waals surface area contributed by atoms with Crippen molar-refractivity contribution in [3.8, 4) is 17.3 Å². The lowest BCUT2D eigenvalue weighted by Crippen LogP contribution is -2.48. The van der Waals surface area contributed by atoms with Crippen molar-refractivity contribution in [1.29, 1.82) is 0 Å². The number of nitrogen functional groups attached to an aromatic ring is 1. The highest BCUT2D eigenvalue weighted by Crippen LogP contribution is 2.42. The van der Waals surface area contributed by atoms with Crippen LogP contribution >= 0.6 is 0 Å². The first-order valence-corrected chi connectivity index (χ1v) is 13.5. The Bertz CT molecular complexity index is 1510. The standard InChI is InChI=1S/C28H35N9O3/c1-19-5-10-23(40-19)25-30-27-24-26(31-28(29)37(27)32-25)36(20(2)33(24)3)16-13-34-11-14-35(15-12-34)21-6-8-22(9-7-21)39-18-17-38-4/h5-10H,2,11-18H2,1,3-4H3,(H2,29,31). The molecule has 1 aromatic carbocycles. The fourth-order valence-corrected chi connectivity index (χ4v) is 5.22. The van der Waals surface area contributed by atoms with Gasteiger partial charge in [-0.15, -0.1) is 5.10 Å². The van der Waals surface area contributed by atoms with Crippen LogP contribution in [-0.4, -0.2) is 91.1 Å². The van der Waals surface area contributed by atoms with E-state index < -0.39 is 0 Å². The van der Waals surface area contributed by atoms with Crippen molar-refractivity contribution in [2.75, 3.05) is 87.1 Å². The molecule has 0 radical (unpaired) electrons. The normalized spacial score (nSPS) is 15.9. The topological polar surface area (TPSA) is 114 Å². The second kappa shape index (κ2) is 10.7. The number of rotatable bonds is 9. The zero-order valence-electron chi connectivity index (χ0n) is 23.2. The Morgan fingerprint density at radius 1 is 1.00 bits per heavy atom. The summed E-state index contributed by atoms with van der Waals surface area (Å²) in [5, 5.41) is 4.56. The molecule has 40 heavy (non-hydrogen) atoms. The van der Waals surface area contributed by atoms with Gasteiger partial charge in [-0.05, 0) is 43.3 Å². The molecule has 2 aliphatic heterocycles. The molecule has 1 fully saturated rings. The van der Waals surface area contributed by atoms with E-state index in [9.17, 15) is 0 Å². The molecular weight excluding hydrogens is 510 g/mol. The molecule has 12 nitrogen and oxygen atoms in total. The molecule has 0 bridgehead atoms. The quantitative estimate of drug-likeness (QED) is 0.313. The summed E-state index contributed by atoms with van der Waals surface area (Å²) in [6.07, 6.45) is 0. The van der Waals surface area contributed by atoms with Gasteiger partial charge in [0.25, 0.3) is 0 Å². The van der Waals surface area contributed by atoms with Gasteiger partial charge in [-0.2, -0.15) is 9.50 Å². The first-order chi connectivity index (χ1) is 19.4. The lowest BCUT2D eigenvalue weighted by atomic mass is 10.2. The van der Waals surface area contributed by atoms with Crippen LogP contribution in [0.4, 0.5) is 23.1 Å². The molecule has 2 N–H and O–H groups in total. The maximum absolute atomic E-state index is 6.34. The summed E-state index contributed by atoms with van der Waals surface area (Å²) in [6, 6.07) is 12.0. The number of piperazine rings is 1. The van der Waals surface area contributed by atoms with Gasteiger partial charge in [0.15, 0.2) is 17.2 Å². The minimum Gasteiger partial charge on any atom is -0.491 e. The predicted octanol–water partition coefficient (Wildman–Crippen LogP) is 2.85. The van der Waals surface area contributed by atoms with E-state index in [1.165, 1.54) is 5.69 Å². The summed E-state index contributed by atoms with van der Waals surface area (Å²) in [6.45, 7) is 12.8. The van der Waals surface area contributed by atoms with Gasteiger partial charge in [-0.3, -0.25) is 4.90 Å². The molecule has 12 heteroatoms. The fraction of sp³-hybridized carbons (Fsp3) is 0.393. The summed E-state index contributed by atoms with van der Waals surface area (Å²) < 4.78 is 18.0. The summed E-state index contributed by atoms with van der Waals surface area (Å²) in [7, 11) is 3.64. The van der Waals surface area contributed by atoms with Crippen LogP contribution in [0.1, 0.15) is 5.76 Å². The smallest absolute Gasteiger partial charge is 0.225 e. The number of anilines is 4. The summed E-state index contributed by atoms with van der Waals surface area (Å²) >= 11 is 0. The van der Waals surface area contributed by atoms with Gasteiger partial charge in [-0.25, -0.2) is 4.98 Å². The maximum Gasteiger partial charge on any atom is 0.225 e. The third kappa shape index (κ3) is 4.80. The third-order valence-corrected chi connectivity index (χ3v) is 7.49. The number of fused-ring (bicyclic) bond motifs is 3. The van der Waals surface area contributed by atoms with Gasteiger partial charge in [0.1, 0.15) is 29.6 Å². The van der Waals surface area contributed by atoms with Gasteiger partial charge in [0.05, 0.1) is 6.61 Å². The Balaban J connectivity index is 1.11. The fourth-order valence-electron chi connectivity index (χ4n) is 5.22. The number of nitrogens with zero attached hydrogens (tertiary/aromatic N) is 8. The maximum atomic E-state index is 6.34. The van der Waals surface area contributed by atoms with Crippen molar-refractivity contribution >= 4 is 28.8 Å².